The Balaban J connectivity index is 0.916. The van der Waals surface area contributed by atoms with Crippen molar-refractivity contribution >= 4 is 45.8 Å². The van der Waals surface area contributed by atoms with Gasteiger partial charge in [0.25, 0.3) is 5.91 Å². The van der Waals surface area contributed by atoms with Crippen molar-refractivity contribution in [2.75, 3.05) is 34.5 Å². The van der Waals surface area contributed by atoms with Gasteiger partial charge >= 0.3 is 12.2 Å². The van der Waals surface area contributed by atoms with Gasteiger partial charge in [-0.15, -0.1) is 0 Å². The summed E-state index contributed by atoms with van der Waals surface area (Å²) >= 11 is 0. The van der Waals surface area contributed by atoms with Gasteiger partial charge in [-0.05, 0) is 82.5 Å². The van der Waals surface area contributed by atoms with Crippen molar-refractivity contribution in [1.29, 1.82) is 0 Å². The molecule has 4 amide bonds. The first-order valence-corrected chi connectivity index (χ1v) is 22.6. The molecule has 3 fully saturated rings. The predicted molar refractivity (Wildman–Crippen MR) is 245 cm³/mol. The van der Waals surface area contributed by atoms with Gasteiger partial charge in [0.05, 0.1) is 55.8 Å². The highest BCUT2D eigenvalue weighted by atomic mass is 16.5. The number of imidazole rings is 2. The molecular formula is C50H54N8O8. The van der Waals surface area contributed by atoms with Crippen LogP contribution in [0.2, 0.25) is 0 Å². The van der Waals surface area contributed by atoms with Crippen molar-refractivity contribution in [2.45, 2.75) is 70.4 Å². The summed E-state index contributed by atoms with van der Waals surface area (Å²) in [5.74, 6) is 2.46. The maximum atomic E-state index is 14.4. The number of H-pyrrole nitrogens is 2. The average molecular weight is 895 g/mol. The third-order valence-electron chi connectivity index (χ3n) is 14.1. The van der Waals surface area contributed by atoms with Gasteiger partial charge < -0.3 is 49.3 Å². The summed E-state index contributed by atoms with van der Waals surface area (Å²) in [5, 5.41) is 7.42. The minimum absolute atomic E-state index is 0.0587. The molecule has 0 bridgehead atoms. The minimum Gasteiger partial charge on any atom is -0.488 e. The average Bonchev–Trinajstić information content (AvgIpc) is 3.96. The maximum absolute atomic E-state index is 14.4. The fourth-order valence-electron chi connectivity index (χ4n) is 10.7. The minimum atomic E-state index is -0.955. The van der Waals surface area contributed by atoms with Crippen LogP contribution in [0.25, 0.3) is 44.2 Å². The zero-order valence-corrected chi connectivity index (χ0v) is 37.8. The van der Waals surface area contributed by atoms with Gasteiger partial charge in [-0.3, -0.25) is 9.59 Å². The summed E-state index contributed by atoms with van der Waals surface area (Å²) in [6.45, 7) is 7.28. The summed E-state index contributed by atoms with van der Waals surface area (Å²) in [5.41, 5.74) is 7.13. The summed E-state index contributed by atoms with van der Waals surface area (Å²) in [6, 6.07) is 21.6. The first kappa shape index (κ1) is 43.0. The van der Waals surface area contributed by atoms with Crippen LogP contribution >= 0.6 is 0 Å². The SMILES string of the molecule is COC[C@H]1C[C@@H](c2nc3c(ccc4cc5c(cc43)OCc3cc(-c4cnc([C@@H]6CC7C(C)C7N6C(=O)[C@@H](NC(=O)OC)C(C)C)[nH]4)ccc3-5)[nH]2)N(C(=O)[C@H](NC(=O)OC)c2ccccc2)C1. The van der Waals surface area contributed by atoms with Crippen LogP contribution in [0.4, 0.5) is 9.59 Å². The van der Waals surface area contributed by atoms with Gasteiger partial charge in [0.15, 0.2) is 0 Å². The Hall–Kier alpha value is -6.94. The number of ether oxygens (including phenoxy) is 4. The van der Waals surface area contributed by atoms with Crippen molar-refractivity contribution in [1.82, 2.24) is 40.4 Å². The fraction of sp³-hybridized carbons (Fsp3) is 0.400. The van der Waals surface area contributed by atoms with Crippen molar-refractivity contribution in [3.8, 4) is 28.1 Å². The van der Waals surface area contributed by atoms with Crippen LogP contribution in [-0.2, 0) is 30.4 Å². The highest BCUT2D eigenvalue weighted by molar-refractivity contribution is 6.07. The molecule has 3 unspecified atom stereocenters. The molecule has 16 heteroatoms. The van der Waals surface area contributed by atoms with Crippen LogP contribution in [0.5, 0.6) is 5.75 Å². The van der Waals surface area contributed by atoms with Crippen LogP contribution in [0.3, 0.4) is 0 Å². The lowest BCUT2D eigenvalue weighted by Gasteiger charge is -2.32. The van der Waals surface area contributed by atoms with E-state index in [1.807, 2.05) is 61.3 Å². The molecule has 4 aliphatic rings. The highest BCUT2D eigenvalue weighted by Crippen LogP contribution is 2.57. The van der Waals surface area contributed by atoms with Gasteiger partial charge in [-0.1, -0.05) is 69.3 Å². The number of carbonyl (C=O) groups is 4. The lowest BCUT2D eigenvalue weighted by molar-refractivity contribution is -0.137. The number of aromatic amines is 2. The zero-order chi connectivity index (χ0) is 46.0. The van der Waals surface area contributed by atoms with Crippen LogP contribution < -0.4 is 15.4 Å². The third kappa shape index (κ3) is 7.56. The quantitative estimate of drug-likeness (QED) is 0.101. The standard InChI is InChI=1S/C50H54N8O8/c1-25(2)41(55-49(61)64-5)48(60)58-39(19-33-26(3)44(33)58)45-51-21-37(53-45)30-12-14-32-31(17-30)24-66-40-20-34-29(18-35(32)40)13-15-36-43(34)54-46(52-36)38-16-27(23-63-4)22-57(38)47(59)42(56-50(62)65-6)28-10-8-7-9-11-28/h7-15,17-18,20-21,25-27,33,38-39,41-42,44H,16,19,22-24H2,1-6H3,(H,51,53)(H,52,54)(H,55,61)(H,56,62)/t26?,27-,33?,38-,39-,41-,42+,44?/m0/s1. The topological polar surface area (TPSA) is 193 Å². The van der Waals surface area contributed by atoms with E-state index in [2.05, 4.69) is 63.9 Å². The number of likely N-dealkylation sites (tertiary alicyclic amines) is 2. The molecule has 4 N–H and O–H groups in total. The van der Waals surface area contributed by atoms with Gasteiger partial charge in [0.2, 0.25) is 5.91 Å². The number of aromatic nitrogens is 4. The van der Waals surface area contributed by atoms with E-state index in [1.54, 1.807) is 12.0 Å². The number of hydrogen-bond acceptors (Lipinski definition) is 10. The number of amides is 4. The van der Waals surface area contributed by atoms with Crippen LogP contribution in [0, 0.1) is 23.7 Å². The Morgan fingerprint density at radius 1 is 0.864 bits per heavy atom. The molecule has 0 radical (unpaired) electrons. The number of fused-ring (bicyclic) bond motifs is 7. The molecule has 0 spiro atoms. The number of nitrogens with one attached hydrogen (secondary N) is 4. The molecule has 342 valence electrons. The fourth-order valence-corrected chi connectivity index (χ4v) is 10.7. The number of piperidine rings is 1. The van der Waals surface area contributed by atoms with E-state index in [9.17, 15) is 19.2 Å². The molecule has 2 aromatic heterocycles. The number of rotatable bonds is 11. The largest absolute Gasteiger partial charge is 0.488 e. The summed E-state index contributed by atoms with van der Waals surface area (Å²) in [6.07, 6.45) is 1.94. The molecule has 2 saturated heterocycles. The first-order valence-electron chi connectivity index (χ1n) is 22.6. The molecule has 3 aliphatic heterocycles. The van der Waals surface area contributed by atoms with Gasteiger partial charge in [-0.25, -0.2) is 19.6 Å². The van der Waals surface area contributed by atoms with Crippen LogP contribution in [0.15, 0.2) is 79.0 Å². The summed E-state index contributed by atoms with van der Waals surface area (Å²) in [7, 11) is 4.24. The molecular weight excluding hydrogens is 841 g/mol. The first-order chi connectivity index (χ1) is 32.0. The van der Waals surface area contributed by atoms with E-state index in [0.717, 1.165) is 67.7 Å². The smallest absolute Gasteiger partial charge is 0.407 e. The lowest BCUT2D eigenvalue weighted by atomic mass is 9.92. The van der Waals surface area contributed by atoms with Gasteiger partial charge in [0, 0.05) is 36.6 Å². The molecule has 6 aromatic rings. The van der Waals surface area contributed by atoms with E-state index >= 15 is 0 Å². The number of hydrogen-bond donors (Lipinski definition) is 4. The highest BCUT2D eigenvalue weighted by Gasteiger charge is 2.61. The molecule has 10 rings (SSSR count). The number of carbonyl (C=O) groups excluding carboxylic acids is 4. The van der Waals surface area contributed by atoms with Crippen molar-refractivity contribution in [3.63, 3.8) is 0 Å². The van der Waals surface area contributed by atoms with Crippen molar-refractivity contribution < 1.29 is 38.1 Å². The van der Waals surface area contributed by atoms with Crippen LogP contribution in [-0.4, -0.2) is 100 Å². The molecule has 16 nitrogen and oxygen atoms in total. The number of alkyl carbamates (subject to hydrolysis) is 2. The van der Waals surface area contributed by atoms with E-state index in [0.29, 0.717) is 49.4 Å². The lowest BCUT2D eigenvalue weighted by Crippen LogP contribution is -2.52. The van der Waals surface area contributed by atoms with Crippen molar-refractivity contribution in [2.24, 2.45) is 23.7 Å². The maximum Gasteiger partial charge on any atom is 0.407 e. The Morgan fingerprint density at radius 3 is 2.41 bits per heavy atom. The van der Waals surface area contributed by atoms with Crippen molar-refractivity contribution in [3.05, 3.63) is 102 Å². The van der Waals surface area contributed by atoms with E-state index < -0.39 is 30.3 Å². The Kier molecular flexibility index (Phi) is 11.2. The molecule has 1 aliphatic carbocycles. The summed E-state index contributed by atoms with van der Waals surface area (Å²) in [4.78, 5) is 74.0. The van der Waals surface area contributed by atoms with Gasteiger partial charge in [-0.2, -0.15) is 0 Å². The second kappa shape index (κ2) is 17.1. The molecule has 1 saturated carbocycles. The number of benzene rings is 4. The molecule has 5 heterocycles. The normalized spacial score (nSPS) is 22.6. The number of methoxy groups -OCH3 is 3. The Bertz CT molecular complexity index is 2860. The van der Waals surface area contributed by atoms with Gasteiger partial charge in [0.1, 0.15) is 36.1 Å². The monoisotopic (exact) mass is 894 g/mol. The van der Waals surface area contributed by atoms with E-state index in [4.69, 9.17) is 28.9 Å². The van der Waals surface area contributed by atoms with E-state index in [-0.39, 0.29) is 35.7 Å². The van der Waals surface area contributed by atoms with E-state index in [1.165, 1.54) is 14.2 Å². The zero-order valence-electron chi connectivity index (χ0n) is 37.8. The Labute approximate surface area is 381 Å². The number of nitrogens with zero attached hydrogens (tertiary/aromatic N) is 4. The summed E-state index contributed by atoms with van der Waals surface area (Å²) < 4.78 is 21.8. The predicted octanol–water partition coefficient (Wildman–Crippen LogP) is 7.59. The molecule has 66 heavy (non-hydrogen) atoms. The molecule has 4 aromatic carbocycles. The van der Waals surface area contributed by atoms with Crippen LogP contribution in [0.1, 0.15) is 74.5 Å². The second-order valence-corrected chi connectivity index (χ2v) is 18.4. The molecule has 8 atom stereocenters. The Morgan fingerprint density at radius 2 is 1.65 bits per heavy atom. The third-order valence-corrected chi connectivity index (χ3v) is 14.1. The second-order valence-electron chi connectivity index (χ2n) is 18.4.